The van der Waals surface area contributed by atoms with E-state index in [2.05, 4.69) is 25.3 Å². The van der Waals surface area contributed by atoms with Gasteiger partial charge in [0.1, 0.15) is 35.4 Å². The maximum atomic E-state index is 13.9. The maximum absolute atomic E-state index is 13.9. The van der Waals surface area contributed by atoms with Gasteiger partial charge in [-0.05, 0) is 45.7 Å². The molecular weight excluding hydrogens is 537 g/mol. The fraction of sp³-hybridized carbons (Fsp3) is 0.444. The molecule has 0 spiro atoms. The van der Waals surface area contributed by atoms with Gasteiger partial charge in [-0.15, -0.1) is 0 Å². The number of ether oxygens (including phenoxy) is 2. The molecule has 0 aliphatic rings. The lowest BCUT2D eigenvalue weighted by atomic mass is 9.90. The van der Waals surface area contributed by atoms with Crippen LogP contribution in [0.2, 0.25) is 0 Å². The first-order valence-electron chi connectivity index (χ1n) is 12.9. The second-order valence-corrected chi connectivity index (χ2v) is 10.3. The molecule has 2 aromatic heterocycles. The fourth-order valence-electron chi connectivity index (χ4n) is 3.68. The molecule has 2 radical (unpaired) electrons. The topological polar surface area (TPSA) is 142 Å². The number of H-pyrrole nitrogens is 1. The number of amides is 1. The SMILES string of the molecule is [B]C(F)(F)c1cc(N=Cc2c(O)[nH]c3ncnc(NCCCN(C)C(=O)OC(C)(C)C)c23)cc(OCCCC=O)c1. The minimum atomic E-state index is -3.64. The Morgan fingerprint density at radius 1 is 1.24 bits per heavy atom. The van der Waals surface area contributed by atoms with Crippen LogP contribution in [-0.2, 0) is 15.4 Å². The zero-order chi connectivity index (χ0) is 30.2. The van der Waals surface area contributed by atoms with Gasteiger partial charge in [-0.25, -0.2) is 23.5 Å². The molecule has 3 aromatic rings. The minimum Gasteiger partial charge on any atom is -0.494 e. The van der Waals surface area contributed by atoms with Crippen molar-refractivity contribution in [2.24, 2.45) is 4.99 Å². The van der Waals surface area contributed by atoms with Crippen molar-refractivity contribution in [3.63, 3.8) is 0 Å². The molecule has 1 aromatic carbocycles. The van der Waals surface area contributed by atoms with Gasteiger partial charge in [0.2, 0.25) is 5.82 Å². The van der Waals surface area contributed by atoms with Gasteiger partial charge >= 0.3 is 6.09 Å². The van der Waals surface area contributed by atoms with Gasteiger partial charge in [0, 0.05) is 44.4 Å². The number of benzene rings is 1. The number of nitrogens with zero attached hydrogens (tertiary/aromatic N) is 4. The van der Waals surface area contributed by atoms with Crippen LogP contribution in [-0.4, -0.2) is 83.7 Å². The zero-order valence-corrected chi connectivity index (χ0v) is 23.4. The van der Waals surface area contributed by atoms with Crippen molar-refractivity contribution in [2.75, 3.05) is 32.1 Å². The second kappa shape index (κ2) is 13.4. The van der Waals surface area contributed by atoms with E-state index >= 15 is 0 Å². The Morgan fingerprint density at radius 3 is 2.68 bits per heavy atom. The van der Waals surface area contributed by atoms with E-state index < -0.39 is 23.1 Å². The molecule has 3 rings (SSSR count). The number of alkyl halides is 2. The smallest absolute Gasteiger partial charge is 0.410 e. The molecule has 0 fully saturated rings. The number of aldehydes is 1. The van der Waals surface area contributed by atoms with Crippen LogP contribution in [0.1, 0.15) is 51.2 Å². The van der Waals surface area contributed by atoms with Crippen molar-refractivity contribution in [1.29, 1.82) is 0 Å². The van der Waals surface area contributed by atoms with Gasteiger partial charge in [-0.2, -0.15) is 0 Å². The van der Waals surface area contributed by atoms with Crippen LogP contribution in [0.3, 0.4) is 0 Å². The number of unbranched alkanes of at least 4 members (excludes halogenated alkanes) is 1. The highest BCUT2D eigenvalue weighted by Crippen LogP contribution is 2.33. The van der Waals surface area contributed by atoms with Crippen LogP contribution in [0.25, 0.3) is 11.0 Å². The lowest BCUT2D eigenvalue weighted by Gasteiger charge is -2.24. The summed E-state index contributed by atoms with van der Waals surface area (Å²) in [7, 11) is 6.66. The average Bonchev–Trinajstić information content (AvgIpc) is 3.21. The van der Waals surface area contributed by atoms with Crippen LogP contribution in [0.5, 0.6) is 11.6 Å². The quantitative estimate of drug-likeness (QED) is 0.117. The van der Waals surface area contributed by atoms with Gasteiger partial charge in [0.15, 0.2) is 13.7 Å². The summed E-state index contributed by atoms with van der Waals surface area (Å²) in [6.45, 7) is 6.38. The molecule has 11 nitrogen and oxygen atoms in total. The highest BCUT2D eigenvalue weighted by Gasteiger charge is 2.25. The Hall–Kier alpha value is -4.23. The summed E-state index contributed by atoms with van der Waals surface area (Å²) < 4.78 is 38.7. The van der Waals surface area contributed by atoms with Crippen molar-refractivity contribution >= 4 is 49.0 Å². The highest BCUT2D eigenvalue weighted by atomic mass is 19.3. The standard InChI is InChI=1S/C27H33BF2N6O5/c1-26(2,3)41-25(39)36(4)9-7-8-31-22-21-20(24(38)35-23(21)34-16-33-22)15-32-18-12-17(27(28,29)30)13-19(14-18)40-11-6-5-10-37/h10,12-16,38H,5-9,11H2,1-4H3,(H2,31,33,34,35). The molecule has 0 aliphatic carbocycles. The molecule has 0 aliphatic heterocycles. The number of fused-ring (bicyclic) bond motifs is 1. The molecule has 0 unspecified atom stereocenters. The molecule has 41 heavy (non-hydrogen) atoms. The van der Waals surface area contributed by atoms with E-state index in [-0.39, 0.29) is 35.9 Å². The molecule has 3 N–H and O–H groups in total. The van der Waals surface area contributed by atoms with E-state index in [1.165, 1.54) is 23.5 Å². The number of carbonyl (C=O) groups is 2. The number of anilines is 1. The third-order valence-corrected chi connectivity index (χ3v) is 5.63. The van der Waals surface area contributed by atoms with Gasteiger partial charge < -0.3 is 34.6 Å². The maximum Gasteiger partial charge on any atom is 0.410 e. The van der Waals surface area contributed by atoms with E-state index in [1.54, 1.807) is 27.8 Å². The first-order valence-corrected chi connectivity index (χ1v) is 12.9. The van der Waals surface area contributed by atoms with Crippen LogP contribution < -0.4 is 10.1 Å². The number of halogens is 2. The number of aromatic hydroxyl groups is 1. The van der Waals surface area contributed by atoms with E-state index in [0.29, 0.717) is 42.8 Å². The van der Waals surface area contributed by atoms with Crippen molar-refractivity contribution in [2.45, 2.75) is 51.5 Å². The molecule has 0 saturated carbocycles. The third-order valence-electron chi connectivity index (χ3n) is 5.63. The summed E-state index contributed by atoms with van der Waals surface area (Å²) in [6, 6.07) is 3.66. The zero-order valence-electron chi connectivity index (χ0n) is 23.4. The van der Waals surface area contributed by atoms with Crippen molar-refractivity contribution < 1.29 is 33.0 Å². The number of rotatable bonds is 13. The van der Waals surface area contributed by atoms with Crippen LogP contribution in [0.4, 0.5) is 25.1 Å². The predicted molar refractivity (Wildman–Crippen MR) is 152 cm³/mol. The first kappa shape index (κ1) is 31.3. The minimum absolute atomic E-state index is 0.100. The van der Waals surface area contributed by atoms with Crippen LogP contribution in [0.15, 0.2) is 29.5 Å². The number of nitrogens with one attached hydrogen (secondary N) is 2. The number of aliphatic imine (C=N–C) groups is 1. The molecule has 0 atom stereocenters. The van der Waals surface area contributed by atoms with Crippen molar-refractivity contribution in [3.8, 4) is 11.6 Å². The molecular formula is C27H33BF2N6O5. The van der Waals surface area contributed by atoms with E-state index in [4.69, 9.17) is 17.3 Å². The summed E-state index contributed by atoms with van der Waals surface area (Å²) in [6.07, 6.45) is 4.18. The largest absolute Gasteiger partial charge is 0.494 e. The van der Waals surface area contributed by atoms with E-state index in [9.17, 15) is 23.5 Å². The second-order valence-electron chi connectivity index (χ2n) is 10.3. The molecule has 2 heterocycles. The monoisotopic (exact) mass is 570 g/mol. The predicted octanol–water partition coefficient (Wildman–Crippen LogP) is 4.66. The Bertz CT molecular complexity index is 1390. The summed E-state index contributed by atoms with van der Waals surface area (Å²) in [5.74, 6) is -3.38. The van der Waals surface area contributed by atoms with Crippen LogP contribution in [0, 0.1) is 0 Å². The molecule has 0 bridgehead atoms. The fourth-order valence-corrected chi connectivity index (χ4v) is 3.68. The molecule has 0 saturated heterocycles. The van der Waals surface area contributed by atoms with Gasteiger partial charge in [0.25, 0.3) is 0 Å². The molecule has 14 heteroatoms. The summed E-state index contributed by atoms with van der Waals surface area (Å²) >= 11 is 0. The Labute approximate surface area is 237 Å². The number of aromatic nitrogens is 3. The van der Waals surface area contributed by atoms with Crippen LogP contribution >= 0.6 is 0 Å². The van der Waals surface area contributed by atoms with Crippen molar-refractivity contribution in [1.82, 2.24) is 19.9 Å². The van der Waals surface area contributed by atoms with E-state index in [1.807, 2.05) is 0 Å². The summed E-state index contributed by atoms with van der Waals surface area (Å²) in [5.41, 5.74) is -0.449. The first-order chi connectivity index (χ1) is 19.3. The number of hydrogen-bond acceptors (Lipinski definition) is 9. The lowest BCUT2D eigenvalue weighted by molar-refractivity contribution is -0.108. The lowest BCUT2D eigenvalue weighted by Crippen LogP contribution is -2.35. The van der Waals surface area contributed by atoms with Crippen molar-refractivity contribution in [3.05, 3.63) is 35.7 Å². The Morgan fingerprint density at radius 2 is 2.00 bits per heavy atom. The normalized spacial score (nSPS) is 12.0. The third kappa shape index (κ3) is 9.15. The summed E-state index contributed by atoms with van der Waals surface area (Å²) in [5, 5.41) is 14.1. The van der Waals surface area contributed by atoms with Gasteiger partial charge in [-0.1, -0.05) is 0 Å². The average molecular weight is 570 g/mol. The molecule has 1 amide bonds. The highest BCUT2D eigenvalue weighted by molar-refractivity contribution is 6.13. The van der Waals surface area contributed by atoms with Gasteiger partial charge in [-0.3, -0.25) is 4.99 Å². The number of aromatic amines is 1. The number of carbonyl (C=O) groups excluding carboxylic acids is 2. The summed E-state index contributed by atoms with van der Waals surface area (Å²) in [4.78, 5) is 39.6. The Balaban J connectivity index is 1.79. The van der Waals surface area contributed by atoms with Gasteiger partial charge in [0.05, 0.1) is 23.2 Å². The molecule has 218 valence electrons. The Kier molecular flexibility index (Phi) is 10.2. The number of hydrogen-bond donors (Lipinski definition) is 3. The van der Waals surface area contributed by atoms with E-state index in [0.717, 1.165) is 18.4 Å².